The zero-order valence-electron chi connectivity index (χ0n) is 16.4. The molecule has 0 aliphatic carbocycles. The Kier molecular flexibility index (Phi) is 5.27. The molecule has 7 heteroatoms. The highest BCUT2D eigenvalue weighted by molar-refractivity contribution is 5.79. The summed E-state index contributed by atoms with van der Waals surface area (Å²) >= 11 is 0. The van der Waals surface area contributed by atoms with Crippen LogP contribution in [-0.2, 0) is 16.1 Å². The molecule has 0 amide bonds. The fourth-order valence-corrected chi connectivity index (χ4v) is 3.49. The van der Waals surface area contributed by atoms with Crippen molar-refractivity contribution in [3.05, 3.63) is 93.3 Å². The predicted octanol–water partition coefficient (Wildman–Crippen LogP) is 3.73. The second-order valence-corrected chi connectivity index (χ2v) is 6.95. The van der Waals surface area contributed by atoms with E-state index in [1.165, 1.54) is 19.2 Å². The van der Waals surface area contributed by atoms with Crippen molar-refractivity contribution in [1.29, 1.82) is 0 Å². The summed E-state index contributed by atoms with van der Waals surface area (Å²) < 4.78 is 34.5. The Balaban J connectivity index is 1.59. The zero-order chi connectivity index (χ0) is 21.3. The van der Waals surface area contributed by atoms with Gasteiger partial charge in [-0.3, -0.25) is 0 Å². The molecule has 1 aliphatic rings. The average Bonchev–Trinajstić information content (AvgIpc) is 3.13. The second-order valence-electron chi connectivity index (χ2n) is 6.95. The Hall–Kier alpha value is -3.61. The molecule has 3 aromatic rings. The summed E-state index contributed by atoms with van der Waals surface area (Å²) in [4.78, 5) is 24.8. The summed E-state index contributed by atoms with van der Waals surface area (Å²) in [6.07, 6.45) is -0.985. The van der Waals surface area contributed by atoms with Gasteiger partial charge < -0.3 is 18.6 Å². The van der Waals surface area contributed by atoms with E-state index in [0.29, 0.717) is 22.8 Å². The maximum absolute atomic E-state index is 13.0. The van der Waals surface area contributed by atoms with Gasteiger partial charge in [-0.15, -0.1) is 0 Å². The van der Waals surface area contributed by atoms with Gasteiger partial charge in [0.15, 0.2) is 0 Å². The van der Waals surface area contributed by atoms with Crippen LogP contribution in [0.2, 0.25) is 0 Å². The number of benzene rings is 2. The number of aryl methyl sites for hydroxylation is 1. The number of hydrogen-bond acceptors (Lipinski definition) is 6. The van der Waals surface area contributed by atoms with Gasteiger partial charge in [0.1, 0.15) is 29.7 Å². The number of carbonyl (C=O) groups is 1. The Bertz CT molecular complexity index is 1120. The molecule has 0 saturated heterocycles. The van der Waals surface area contributed by atoms with E-state index in [2.05, 4.69) is 0 Å². The van der Waals surface area contributed by atoms with Crippen molar-refractivity contribution in [2.75, 3.05) is 7.11 Å². The number of hydrogen-bond donors (Lipinski definition) is 0. The first-order valence-corrected chi connectivity index (χ1v) is 9.32. The quantitative estimate of drug-likeness (QED) is 0.597. The molecule has 0 saturated carbocycles. The molecule has 0 radical (unpaired) electrons. The lowest BCUT2D eigenvalue weighted by atomic mass is 9.89. The molecule has 0 N–H and O–H groups in total. The molecule has 30 heavy (non-hydrogen) atoms. The van der Waals surface area contributed by atoms with Gasteiger partial charge in [-0.25, -0.2) is 14.0 Å². The number of rotatable bonds is 5. The number of methoxy groups -OCH3 is 1. The largest absolute Gasteiger partial charge is 0.489 e. The van der Waals surface area contributed by atoms with Gasteiger partial charge in [0.2, 0.25) is 6.10 Å². The summed E-state index contributed by atoms with van der Waals surface area (Å²) in [7, 11) is 1.27. The van der Waals surface area contributed by atoms with Gasteiger partial charge in [-0.2, -0.15) is 0 Å². The van der Waals surface area contributed by atoms with E-state index in [-0.39, 0.29) is 18.0 Å². The first-order chi connectivity index (χ1) is 14.5. The van der Waals surface area contributed by atoms with Crippen LogP contribution in [-0.4, -0.2) is 19.2 Å². The van der Waals surface area contributed by atoms with Gasteiger partial charge in [-0.1, -0.05) is 24.3 Å². The summed E-state index contributed by atoms with van der Waals surface area (Å²) in [5.41, 5.74) is 1.26. The molecule has 1 aromatic heterocycles. The van der Waals surface area contributed by atoms with Gasteiger partial charge >= 0.3 is 11.6 Å². The molecule has 154 valence electrons. The third-order valence-corrected chi connectivity index (χ3v) is 4.93. The molecular weight excluding hydrogens is 391 g/mol. The highest BCUT2D eigenvalue weighted by atomic mass is 19.1. The molecular formula is C23H19FO6. The lowest BCUT2D eigenvalue weighted by molar-refractivity contribution is -0.148. The van der Waals surface area contributed by atoms with Crippen molar-refractivity contribution in [1.82, 2.24) is 0 Å². The van der Waals surface area contributed by atoms with Crippen molar-refractivity contribution < 1.29 is 27.8 Å². The van der Waals surface area contributed by atoms with Crippen molar-refractivity contribution in [3.63, 3.8) is 0 Å². The Morgan fingerprint density at radius 1 is 1.10 bits per heavy atom. The normalized spacial score (nSPS) is 17.2. The molecule has 1 aliphatic heterocycles. The predicted molar refractivity (Wildman–Crippen MR) is 105 cm³/mol. The minimum absolute atomic E-state index is 0.280. The van der Waals surface area contributed by atoms with Crippen LogP contribution in [0.1, 0.15) is 28.4 Å². The van der Waals surface area contributed by atoms with Crippen LogP contribution < -0.4 is 15.1 Å². The van der Waals surface area contributed by atoms with E-state index in [1.54, 1.807) is 49.4 Å². The van der Waals surface area contributed by atoms with Crippen molar-refractivity contribution >= 4 is 5.97 Å². The lowest BCUT2D eigenvalue weighted by Gasteiger charge is -2.17. The van der Waals surface area contributed by atoms with Crippen LogP contribution in [0.15, 0.2) is 63.8 Å². The van der Waals surface area contributed by atoms with Gasteiger partial charge in [0.25, 0.3) is 0 Å². The topological polar surface area (TPSA) is 75.0 Å². The Labute approximate surface area is 171 Å². The molecule has 0 unspecified atom stereocenters. The van der Waals surface area contributed by atoms with E-state index >= 15 is 0 Å². The maximum Gasteiger partial charge on any atom is 0.348 e. The van der Waals surface area contributed by atoms with E-state index in [9.17, 15) is 14.0 Å². The number of halogens is 1. The van der Waals surface area contributed by atoms with E-state index in [4.69, 9.17) is 18.6 Å². The third kappa shape index (κ3) is 3.78. The number of fused-ring (bicyclic) bond motifs is 1. The highest BCUT2D eigenvalue weighted by Crippen LogP contribution is 2.41. The highest BCUT2D eigenvalue weighted by Gasteiger charge is 2.44. The first-order valence-electron chi connectivity index (χ1n) is 9.32. The van der Waals surface area contributed by atoms with Crippen LogP contribution in [0.25, 0.3) is 0 Å². The van der Waals surface area contributed by atoms with E-state index in [1.807, 2.05) is 0 Å². The summed E-state index contributed by atoms with van der Waals surface area (Å²) in [6, 6.07) is 14.6. The molecule has 0 fully saturated rings. The summed E-state index contributed by atoms with van der Waals surface area (Å²) in [5, 5.41) is 0. The van der Waals surface area contributed by atoms with Crippen LogP contribution in [0.5, 0.6) is 11.5 Å². The molecule has 4 rings (SSSR count). The molecule has 2 heterocycles. The molecule has 0 bridgehead atoms. The van der Waals surface area contributed by atoms with Crippen molar-refractivity contribution in [3.8, 4) is 11.5 Å². The van der Waals surface area contributed by atoms with Gasteiger partial charge in [-0.05, 0) is 42.3 Å². The third-order valence-electron chi connectivity index (χ3n) is 4.93. The van der Waals surface area contributed by atoms with Crippen molar-refractivity contribution in [2.24, 2.45) is 0 Å². The molecule has 2 atom stereocenters. The van der Waals surface area contributed by atoms with Crippen LogP contribution in [0, 0.1) is 12.7 Å². The Morgan fingerprint density at radius 2 is 1.80 bits per heavy atom. The zero-order valence-corrected chi connectivity index (χ0v) is 16.4. The molecule has 6 nitrogen and oxygen atoms in total. The van der Waals surface area contributed by atoms with Gasteiger partial charge in [0.05, 0.1) is 18.6 Å². The number of esters is 1. The van der Waals surface area contributed by atoms with Crippen LogP contribution in [0.3, 0.4) is 0 Å². The summed E-state index contributed by atoms with van der Waals surface area (Å²) in [5.74, 6) is -0.233. The second kappa shape index (κ2) is 8.02. The Morgan fingerprint density at radius 3 is 2.47 bits per heavy atom. The number of ether oxygens (including phenoxy) is 3. The van der Waals surface area contributed by atoms with Crippen LogP contribution in [0.4, 0.5) is 4.39 Å². The fraction of sp³-hybridized carbons (Fsp3) is 0.217. The van der Waals surface area contributed by atoms with Gasteiger partial charge in [0, 0.05) is 6.07 Å². The van der Waals surface area contributed by atoms with E-state index < -0.39 is 23.6 Å². The van der Waals surface area contributed by atoms with Crippen molar-refractivity contribution in [2.45, 2.75) is 25.6 Å². The standard InChI is InChI=1S/C23H19FO6/c1-13-11-18-20(22(25)29-13)19(21(30-18)23(26)27-2)15-5-9-17(10-6-15)28-12-14-3-7-16(24)8-4-14/h3-11,19,21H,12H2,1-2H3/t19-,21+/m1/s1. The van der Waals surface area contributed by atoms with Crippen LogP contribution >= 0.6 is 0 Å². The summed E-state index contributed by atoms with van der Waals surface area (Å²) in [6.45, 7) is 1.92. The minimum atomic E-state index is -0.985. The fourth-order valence-electron chi connectivity index (χ4n) is 3.49. The first kappa shape index (κ1) is 19.7. The number of carbonyl (C=O) groups excluding carboxylic acids is 1. The lowest BCUT2D eigenvalue weighted by Crippen LogP contribution is -2.31. The smallest absolute Gasteiger partial charge is 0.348 e. The van der Waals surface area contributed by atoms with E-state index in [0.717, 1.165) is 5.56 Å². The SMILES string of the molecule is COC(=O)[C@H]1Oc2cc(C)oc(=O)c2[C@H]1c1ccc(OCc2ccc(F)cc2)cc1. The monoisotopic (exact) mass is 410 g/mol. The maximum atomic E-state index is 13.0. The molecule has 0 spiro atoms. The minimum Gasteiger partial charge on any atom is -0.489 e. The average molecular weight is 410 g/mol. The molecule has 2 aromatic carbocycles.